The number of rotatable bonds is 5. The van der Waals surface area contributed by atoms with Crippen LogP contribution in [0.2, 0.25) is 0 Å². The average molecular weight is 313 g/mol. The molecule has 0 aliphatic rings. The first-order valence-corrected chi connectivity index (χ1v) is 8.11. The lowest BCUT2D eigenvalue weighted by molar-refractivity contribution is 0.419. The van der Waals surface area contributed by atoms with E-state index < -0.39 is 0 Å². The van der Waals surface area contributed by atoms with Gasteiger partial charge in [0.15, 0.2) is 5.76 Å². The van der Waals surface area contributed by atoms with Gasteiger partial charge in [0.1, 0.15) is 5.69 Å². The Morgan fingerprint density at radius 3 is 2.45 bits per heavy atom. The summed E-state index contributed by atoms with van der Waals surface area (Å²) in [6.07, 6.45) is 0. The summed E-state index contributed by atoms with van der Waals surface area (Å²) in [5, 5.41) is 8.70. The van der Waals surface area contributed by atoms with Gasteiger partial charge in [-0.15, -0.1) is 11.3 Å². The lowest BCUT2D eigenvalue weighted by Crippen LogP contribution is -2.14. The smallest absolute Gasteiger partial charge is 0.170 e. The number of thiazole rings is 1. The van der Waals surface area contributed by atoms with Gasteiger partial charge < -0.3 is 9.84 Å². The average Bonchev–Trinajstić information content (AvgIpc) is 3.03. The maximum atomic E-state index is 5.51. The van der Waals surface area contributed by atoms with E-state index in [2.05, 4.69) is 22.4 Å². The summed E-state index contributed by atoms with van der Waals surface area (Å²) in [7, 11) is 0. The molecule has 22 heavy (non-hydrogen) atoms. The third kappa shape index (κ3) is 3.10. The lowest BCUT2D eigenvalue weighted by atomic mass is 10.1. The normalized spacial score (nSPS) is 11.0. The van der Waals surface area contributed by atoms with Crippen LogP contribution in [0.3, 0.4) is 0 Å². The number of hydrogen-bond acceptors (Lipinski definition) is 5. The van der Waals surface area contributed by atoms with Gasteiger partial charge in [0, 0.05) is 29.1 Å². The Balaban J connectivity index is 1.67. The van der Waals surface area contributed by atoms with Crippen LogP contribution in [-0.4, -0.2) is 10.1 Å². The second-order valence-electron chi connectivity index (χ2n) is 5.29. The monoisotopic (exact) mass is 313 g/mol. The Hall–Kier alpha value is -1.98. The second kappa shape index (κ2) is 6.42. The quantitative estimate of drug-likeness (QED) is 0.773. The zero-order chi connectivity index (χ0) is 15.5. The molecule has 0 amide bonds. The highest BCUT2D eigenvalue weighted by molar-refractivity contribution is 7.11. The molecule has 3 rings (SSSR count). The van der Waals surface area contributed by atoms with Gasteiger partial charge in [-0.2, -0.15) is 0 Å². The van der Waals surface area contributed by atoms with Crippen molar-refractivity contribution < 1.29 is 4.52 Å². The molecule has 0 radical (unpaired) electrons. The first kappa shape index (κ1) is 14.9. The van der Waals surface area contributed by atoms with Gasteiger partial charge in [-0.25, -0.2) is 4.98 Å². The highest BCUT2D eigenvalue weighted by Gasteiger charge is 2.13. The number of nitrogens with zero attached hydrogens (tertiary/aromatic N) is 2. The molecule has 0 saturated heterocycles. The summed E-state index contributed by atoms with van der Waals surface area (Å²) in [6, 6.07) is 10.1. The molecule has 2 aromatic heterocycles. The number of aryl methyl sites for hydroxylation is 2. The number of aromatic nitrogens is 2. The van der Waals surface area contributed by atoms with E-state index in [0.717, 1.165) is 39.8 Å². The molecule has 4 nitrogen and oxygen atoms in total. The van der Waals surface area contributed by atoms with Gasteiger partial charge in [-0.3, -0.25) is 0 Å². The SMILES string of the molecule is Cc1nc(CNCc2noc(-c3ccccc3)c2C)c(C)s1. The predicted molar refractivity (Wildman–Crippen MR) is 88.8 cm³/mol. The Morgan fingerprint density at radius 2 is 1.77 bits per heavy atom. The zero-order valence-electron chi connectivity index (χ0n) is 13.0. The van der Waals surface area contributed by atoms with Crippen LogP contribution in [0.1, 0.15) is 26.8 Å². The molecular formula is C17H19N3OS. The number of benzene rings is 1. The van der Waals surface area contributed by atoms with E-state index in [-0.39, 0.29) is 0 Å². The van der Waals surface area contributed by atoms with Gasteiger partial charge in [-0.1, -0.05) is 35.5 Å². The van der Waals surface area contributed by atoms with Crippen molar-refractivity contribution in [1.82, 2.24) is 15.5 Å². The third-order valence-electron chi connectivity index (χ3n) is 3.64. The van der Waals surface area contributed by atoms with Crippen molar-refractivity contribution in [2.75, 3.05) is 0 Å². The largest absolute Gasteiger partial charge is 0.356 e. The van der Waals surface area contributed by atoms with Crippen LogP contribution in [0.4, 0.5) is 0 Å². The van der Waals surface area contributed by atoms with Crippen LogP contribution in [0.5, 0.6) is 0 Å². The maximum Gasteiger partial charge on any atom is 0.170 e. The van der Waals surface area contributed by atoms with Crippen molar-refractivity contribution in [3.05, 3.63) is 57.2 Å². The molecule has 0 fully saturated rings. The summed E-state index contributed by atoms with van der Waals surface area (Å²) < 4.78 is 5.51. The summed E-state index contributed by atoms with van der Waals surface area (Å²) in [4.78, 5) is 5.80. The first-order chi connectivity index (χ1) is 10.6. The molecule has 0 saturated carbocycles. The van der Waals surface area contributed by atoms with Gasteiger partial charge in [0.05, 0.1) is 10.7 Å². The van der Waals surface area contributed by atoms with E-state index in [4.69, 9.17) is 4.52 Å². The van der Waals surface area contributed by atoms with Crippen LogP contribution >= 0.6 is 11.3 Å². The Labute approximate surface area is 134 Å². The van der Waals surface area contributed by atoms with Crippen LogP contribution in [0.25, 0.3) is 11.3 Å². The minimum atomic E-state index is 0.679. The van der Waals surface area contributed by atoms with Crippen molar-refractivity contribution in [2.45, 2.75) is 33.9 Å². The highest BCUT2D eigenvalue weighted by atomic mass is 32.1. The fourth-order valence-electron chi connectivity index (χ4n) is 2.43. The fourth-order valence-corrected chi connectivity index (χ4v) is 3.26. The first-order valence-electron chi connectivity index (χ1n) is 7.29. The van der Waals surface area contributed by atoms with Crippen LogP contribution in [0, 0.1) is 20.8 Å². The standard InChI is InChI=1S/C17H19N3OS/c1-11-15(9-18-10-16-12(2)22-13(3)19-16)20-21-17(11)14-7-5-4-6-8-14/h4-8,18H,9-10H2,1-3H3. The van der Waals surface area contributed by atoms with Crippen LogP contribution in [-0.2, 0) is 13.1 Å². The minimum Gasteiger partial charge on any atom is -0.356 e. The second-order valence-corrected chi connectivity index (χ2v) is 6.70. The molecule has 3 aromatic rings. The van der Waals surface area contributed by atoms with Crippen molar-refractivity contribution in [2.24, 2.45) is 0 Å². The minimum absolute atomic E-state index is 0.679. The number of nitrogens with one attached hydrogen (secondary N) is 1. The molecule has 114 valence electrons. The Morgan fingerprint density at radius 1 is 1.05 bits per heavy atom. The molecule has 5 heteroatoms. The van der Waals surface area contributed by atoms with E-state index in [1.54, 1.807) is 11.3 Å². The third-order valence-corrected chi connectivity index (χ3v) is 4.57. The molecule has 0 unspecified atom stereocenters. The van der Waals surface area contributed by atoms with Gasteiger partial charge >= 0.3 is 0 Å². The van der Waals surface area contributed by atoms with E-state index in [1.807, 2.05) is 44.2 Å². The van der Waals surface area contributed by atoms with Crippen molar-refractivity contribution in [1.29, 1.82) is 0 Å². The highest BCUT2D eigenvalue weighted by Crippen LogP contribution is 2.25. The Kier molecular flexibility index (Phi) is 4.36. The maximum absolute atomic E-state index is 5.51. The summed E-state index contributed by atoms with van der Waals surface area (Å²) in [5.41, 5.74) is 4.21. The molecule has 1 aromatic carbocycles. The van der Waals surface area contributed by atoms with E-state index >= 15 is 0 Å². The van der Waals surface area contributed by atoms with Gasteiger partial charge in [-0.05, 0) is 20.8 Å². The van der Waals surface area contributed by atoms with Crippen molar-refractivity contribution >= 4 is 11.3 Å². The van der Waals surface area contributed by atoms with Crippen molar-refractivity contribution in [3.63, 3.8) is 0 Å². The van der Waals surface area contributed by atoms with Gasteiger partial charge in [0.25, 0.3) is 0 Å². The molecule has 0 atom stereocenters. The molecule has 0 spiro atoms. The summed E-state index contributed by atoms with van der Waals surface area (Å²) >= 11 is 1.73. The topological polar surface area (TPSA) is 51.0 Å². The molecule has 0 bridgehead atoms. The number of hydrogen-bond donors (Lipinski definition) is 1. The van der Waals surface area contributed by atoms with E-state index in [1.165, 1.54) is 4.88 Å². The van der Waals surface area contributed by atoms with Crippen LogP contribution in [0.15, 0.2) is 34.9 Å². The van der Waals surface area contributed by atoms with E-state index in [0.29, 0.717) is 6.54 Å². The van der Waals surface area contributed by atoms with E-state index in [9.17, 15) is 0 Å². The molecule has 2 heterocycles. The van der Waals surface area contributed by atoms with Gasteiger partial charge in [0.2, 0.25) is 0 Å². The molecular weight excluding hydrogens is 294 g/mol. The van der Waals surface area contributed by atoms with Crippen molar-refractivity contribution in [3.8, 4) is 11.3 Å². The zero-order valence-corrected chi connectivity index (χ0v) is 13.8. The summed E-state index contributed by atoms with van der Waals surface area (Å²) in [5.74, 6) is 0.845. The molecule has 0 aliphatic heterocycles. The summed E-state index contributed by atoms with van der Waals surface area (Å²) in [6.45, 7) is 7.63. The Bertz CT molecular complexity index is 762. The fraction of sp³-hybridized carbons (Fsp3) is 0.294. The van der Waals surface area contributed by atoms with Crippen LogP contribution < -0.4 is 5.32 Å². The molecule has 1 N–H and O–H groups in total. The lowest BCUT2D eigenvalue weighted by Gasteiger charge is -2.02. The predicted octanol–water partition coefficient (Wildman–Crippen LogP) is 4.01. The molecule has 0 aliphatic carbocycles.